The molecule has 3 N–H and O–H groups in total. The molecule has 1 aliphatic rings. The fourth-order valence-electron chi connectivity index (χ4n) is 4.43. The summed E-state index contributed by atoms with van der Waals surface area (Å²) in [6.07, 6.45) is -3.14. The van der Waals surface area contributed by atoms with Gasteiger partial charge in [0.05, 0.1) is 11.6 Å². The molecule has 1 aliphatic carbocycles. The topological polar surface area (TPSA) is 105 Å². The monoisotopic (exact) mass is 530 g/mol. The predicted octanol–water partition coefficient (Wildman–Crippen LogP) is 6.72. The molecule has 7 nitrogen and oxygen atoms in total. The number of alkyl halides is 3. The van der Waals surface area contributed by atoms with Crippen LogP contribution in [0.15, 0.2) is 66.7 Å². The van der Waals surface area contributed by atoms with Gasteiger partial charge in [0.2, 0.25) is 0 Å². The zero-order valence-corrected chi connectivity index (χ0v) is 19.7. The number of amides is 2. The summed E-state index contributed by atoms with van der Waals surface area (Å²) in [5.74, 6) is -3.62. The number of carboxylic acid groups (broad SMARTS) is 1. The number of urea groups is 1. The van der Waals surface area contributed by atoms with Crippen LogP contribution in [-0.2, 0) is 4.79 Å². The summed E-state index contributed by atoms with van der Waals surface area (Å²) in [5.41, 5.74) is 1.52. The predicted molar refractivity (Wildman–Crippen MR) is 130 cm³/mol. The molecule has 1 fully saturated rings. The van der Waals surface area contributed by atoms with Gasteiger partial charge < -0.3 is 20.5 Å². The van der Waals surface area contributed by atoms with Crippen molar-refractivity contribution in [2.75, 3.05) is 10.6 Å². The lowest BCUT2D eigenvalue weighted by molar-refractivity contribution is -0.274. The lowest BCUT2D eigenvalue weighted by Crippen LogP contribution is -2.25. The van der Waals surface area contributed by atoms with Gasteiger partial charge in [-0.05, 0) is 60.4 Å². The zero-order chi connectivity index (χ0) is 27.4. The molecule has 0 unspecified atom stereocenters. The summed E-state index contributed by atoms with van der Waals surface area (Å²) < 4.78 is 55.2. The third-order valence-electron chi connectivity index (χ3n) is 6.24. The van der Waals surface area contributed by atoms with E-state index in [0.29, 0.717) is 36.0 Å². The van der Waals surface area contributed by atoms with Crippen LogP contribution in [0, 0.1) is 17.7 Å². The number of carbonyl (C=O) groups is 3. The Bertz CT molecular complexity index is 1340. The van der Waals surface area contributed by atoms with Crippen molar-refractivity contribution < 1.29 is 41.8 Å². The maximum Gasteiger partial charge on any atom is 0.573 e. The molecule has 1 saturated carbocycles. The van der Waals surface area contributed by atoms with Crippen molar-refractivity contribution in [1.29, 1.82) is 0 Å². The number of Topliss-reactive ketones (excluding diaryl/α,β-unsaturated/α-hetero) is 1. The first-order valence-corrected chi connectivity index (χ1v) is 11.6. The fraction of sp³-hybridized carbons (Fsp3) is 0.222. The van der Waals surface area contributed by atoms with Crippen LogP contribution in [0.25, 0.3) is 11.1 Å². The van der Waals surface area contributed by atoms with Gasteiger partial charge in [0, 0.05) is 17.2 Å². The maximum atomic E-state index is 14.7. The third kappa shape index (κ3) is 6.47. The number of ether oxygens (including phenoxy) is 1. The number of aliphatic carboxylic acids is 1. The SMILES string of the molecule is O=C(Nc1ccc(OC(F)(F)F)cc1)Nc1ccc(-c2ccc(C(=O)[C@@H]3CCC[C@H]3C(=O)O)cc2)cc1F. The molecule has 11 heteroatoms. The molecular weight excluding hydrogens is 508 g/mol. The van der Waals surface area contributed by atoms with Gasteiger partial charge in [-0.3, -0.25) is 9.59 Å². The minimum absolute atomic E-state index is 0.129. The average molecular weight is 530 g/mol. The number of rotatable bonds is 7. The van der Waals surface area contributed by atoms with Crippen LogP contribution in [0.2, 0.25) is 0 Å². The van der Waals surface area contributed by atoms with Crippen molar-refractivity contribution in [2.45, 2.75) is 25.6 Å². The Morgan fingerprint density at radius 2 is 1.47 bits per heavy atom. The number of hydrogen-bond donors (Lipinski definition) is 3. The van der Waals surface area contributed by atoms with E-state index in [-0.39, 0.29) is 17.2 Å². The Kier molecular flexibility index (Phi) is 7.65. The van der Waals surface area contributed by atoms with Crippen LogP contribution in [0.5, 0.6) is 5.75 Å². The van der Waals surface area contributed by atoms with Gasteiger partial charge in [0.15, 0.2) is 5.78 Å². The highest BCUT2D eigenvalue weighted by Gasteiger charge is 2.38. The van der Waals surface area contributed by atoms with E-state index >= 15 is 0 Å². The second kappa shape index (κ2) is 10.9. The number of nitrogens with one attached hydrogen (secondary N) is 2. The Labute approximate surface area is 214 Å². The molecule has 2 amide bonds. The molecule has 0 aromatic heterocycles. The number of benzene rings is 3. The van der Waals surface area contributed by atoms with E-state index in [2.05, 4.69) is 15.4 Å². The van der Waals surface area contributed by atoms with Crippen LogP contribution in [0.1, 0.15) is 29.6 Å². The van der Waals surface area contributed by atoms with Crippen molar-refractivity contribution in [3.05, 3.63) is 78.1 Å². The smallest absolute Gasteiger partial charge is 0.481 e. The van der Waals surface area contributed by atoms with Crippen LogP contribution in [0.4, 0.5) is 33.7 Å². The molecule has 0 spiro atoms. The standard InChI is InChI=1S/C27H22F4N2O5/c28-22-14-17(15-4-6-16(7-5-15)24(34)20-2-1-3-21(20)25(35)36)8-13-23(22)33-26(37)32-18-9-11-19(12-10-18)38-27(29,30)31/h4-14,20-21H,1-3H2,(H,35,36)(H2,32,33,37)/t20-,21-/m1/s1. The summed E-state index contributed by atoms with van der Waals surface area (Å²) in [7, 11) is 0. The number of carbonyl (C=O) groups excluding carboxylic acids is 2. The van der Waals surface area contributed by atoms with Crippen molar-refractivity contribution >= 4 is 29.2 Å². The van der Waals surface area contributed by atoms with Crippen molar-refractivity contribution in [2.24, 2.45) is 11.8 Å². The Balaban J connectivity index is 1.38. The molecule has 198 valence electrons. The van der Waals surface area contributed by atoms with Crippen molar-refractivity contribution in [1.82, 2.24) is 0 Å². The van der Waals surface area contributed by atoms with Crippen molar-refractivity contribution in [3.63, 3.8) is 0 Å². The molecule has 38 heavy (non-hydrogen) atoms. The average Bonchev–Trinajstić information content (AvgIpc) is 3.36. The number of ketones is 1. The van der Waals surface area contributed by atoms with E-state index in [9.17, 15) is 37.1 Å². The number of anilines is 2. The van der Waals surface area contributed by atoms with E-state index in [0.717, 1.165) is 12.1 Å². The number of hydrogen-bond acceptors (Lipinski definition) is 4. The van der Waals surface area contributed by atoms with E-state index < -0.39 is 41.8 Å². The molecule has 3 aromatic carbocycles. The zero-order valence-electron chi connectivity index (χ0n) is 19.7. The summed E-state index contributed by atoms with van der Waals surface area (Å²) in [5, 5.41) is 14.0. The van der Waals surface area contributed by atoms with Gasteiger partial charge in [-0.15, -0.1) is 13.2 Å². The maximum absolute atomic E-state index is 14.7. The molecule has 3 aromatic rings. The van der Waals surface area contributed by atoms with Gasteiger partial charge in [0.25, 0.3) is 0 Å². The highest BCUT2D eigenvalue weighted by atomic mass is 19.4. The molecule has 0 saturated heterocycles. The van der Waals surface area contributed by atoms with E-state index in [4.69, 9.17) is 0 Å². The summed E-state index contributed by atoms with van der Waals surface area (Å²) in [6.45, 7) is 0. The Hall–Kier alpha value is -4.41. The molecule has 4 rings (SSSR count). The highest BCUT2D eigenvalue weighted by molar-refractivity contribution is 6.01. The molecule has 0 heterocycles. The van der Waals surface area contributed by atoms with Gasteiger partial charge in [-0.1, -0.05) is 36.8 Å². The van der Waals surface area contributed by atoms with Crippen LogP contribution < -0.4 is 15.4 Å². The molecule has 0 bridgehead atoms. The minimum atomic E-state index is -4.84. The Morgan fingerprint density at radius 3 is 2.08 bits per heavy atom. The molecule has 2 atom stereocenters. The second-order valence-electron chi connectivity index (χ2n) is 8.77. The van der Waals surface area contributed by atoms with Crippen LogP contribution >= 0.6 is 0 Å². The van der Waals surface area contributed by atoms with Crippen molar-refractivity contribution in [3.8, 4) is 16.9 Å². The summed E-state index contributed by atoms with van der Waals surface area (Å²) in [4.78, 5) is 36.4. The van der Waals surface area contributed by atoms with Gasteiger partial charge in [-0.2, -0.15) is 0 Å². The number of carboxylic acids is 1. The van der Waals surface area contributed by atoms with Gasteiger partial charge >= 0.3 is 18.4 Å². The Morgan fingerprint density at radius 1 is 0.842 bits per heavy atom. The van der Waals surface area contributed by atoms with Gasteiger partial charge in [-0.25, -0.2) is 9.18 Å². The molecular formula is C27H22F4N2O5. The normalized spacial score (nSPS) is 17.1. The summed E-state index contributed by atoms with van der Waals surface area (Å²) in [6, 6.07) is 14.2. The highest BCUT2D eigenvalue weighted by Crippen LogP contribution is 2.35. The van der Waals surface area contributed by atoms with Crippen LogP contribution in [0.3, 0.4) is 0 Å². The molecule has 0 radical (unpaired) electrons. The first kappa shape index (κ1) is 26.6. The third-order valence-corrected chi connectivity index (χ3v) is 6.24. The largest absolute Gasteiger partial charge is 0.573 e. The van der Waals surface area contributed by atoms with Gasteiger partial charge in [0.1, 0.15) is 11.6 Å². The first-order valence-electron chi connectivity index (χ1n) is 11.6. The summed E-state index contributed by atoms with van der Waals surface area (Å²) >= 11 is 0. The first-order chi connectivity index (χ1) is 18.0. The second-order valence-corrected chi connectivity index (χ2v) is 8.77. The number of halogens is 4. The lowest BCUT2D eigenvalue weighted by Gasteiger charge is -2.15. The molecule has 0 aliphatic heterocycles. The quantitative estimate of drug-likeness (QED) is 0.232. The van der Waals surface area contributed by atoms with E-state index in [1.165, 1.54) is 24.3 Å². The van der Waals surface area contributed by atoms with E-state index in [1.807, 2.05) is 0 Å². The van der Waals surface area contributed by atoms with E-state index in [1.54, 1.807) is 30.3 Å². The lowest BCUT2D eigenvalue weighted by atomic mass is 9.88. The fourth-order valence-corrected chi connectivity index (χ4v) is 4.43. The van der Waals surface area contributed by atoms with Crippen LogP contribution in [-0.4, -0.2) is 29.3 Å². The minimum Gasteiger partial charge on any atom is -0.481 e.